The van der Waals surface area contributed by atoms with Crippen LogP contribution in [0, 0.1) is 5.41 Å². The number of nitrogens with one attached hydrogen (secondary N) is 1. The van der Waals surface area contributed by atoms with Gasteiger partial charge in [-0.3, -0.25) is 0 Å². The molecule has 0 bridgehead atoms. The molecule has 0 spiro atoms. The van der Waals surface area contributed by atoms with Gasteiger partial charge >= 0.3 is 0 Å². The molecule has 3 nitrogen and oxygen atoms in total. The smallest absolute Gasteiger partial charge is 0.0763 e. The normalized spacial score (nSPS) is 18.6. The largest absolute Gasteiger partial charge is 0.397 e. The summed E-state index contributed by atoms with van der Waals surface area (Å²) in [6.45, 7) is 0.960. The molecule has 0 radical (unpaired) electrons. The Morgan fingerprint density at radius 1 is 1.28 bits per heavy atom. The van der Waals surface area contributed by atoms with Crippen molar-refractivity contribution in [2.45, 2.75) is 32.1 Å². The highest BCUT2D eigenvalue weighted by atomic mass is 35.5. The molecule has 0 unspecified atom stereocenters. The molecule has 18 heavy (non-hydrogen) atoms. The molecule has 4 N–H and O–H groups in total. The number of para-hydroxylation sites is 1. The predicted molar refractivity (Wildman–Crippen MR) is 77.0 cm³/mol. The Morgan fingerprint density at radius 2 is 2.00 bits per heavy atom. The van der Waals surface area contributed by atoms with Crippen molar-refractivity contribution >= 4 is 23.0 Å². The fourth-order valence-electron chi connectivity index (χ4n) is 2.70. The third kappa shape index (κ3) is 2.90. The lowest BCUT2D eigenvalue weighted by molar-refractivity contribution is 0.0944. The maximum atomic E-state index is 9.65. The van der Waals surface area contributed by atoms with Gasteiger partial charge in [-0.2, -0.15) is 0 Å². The Morgan fingerprint density at radius 3 is 2.61 bits per heavy atom. The van der Waals surface area contributed by atoms with Gasteiger partial charge in [-0.05, 0) is 25.0 Å². The van der Waals surface area contributed by atoms with E-state index < -0.39 is 0 Å². The van der Waals surface area contributed by atoms with Crippen LogP contribution in [0.5, 0.6) is 0 Å². The Bertz CT molecular complexity index is 383. The summed E-state index contributed by atoms with van der Waals surface area (Å²) in [6.07, 6.45) is 5.80. The first-order valence-electron chi connectivity index (χ1n) is 6.56. The van der Waals surface area contributed by atoms with Crippen molar-refractivity contribution in [1.82, 2.24) is 0 Å². The molecule has 0 saturated heterocycles. The molecule has 2 rings (SSSR count). The second-order valence-electron chi connectivity index (χ2n) is 5.28. The highest BCUT2D eigenvalue weighted by molar-refractivity contribution is 6.33. The van der Waals surface area contributed by atoms with Gasteiger partial charge in [-0.15, -0.1) is 0 Å². The highest BCUT2D eigenvalue weighted by Gasteiger charge is 2.31. The molecule has 1 aliphatic carbocycles. The third-order valence-electron chi connectivity index (χ3n) is 3.94. The highest BCUT2D eigenvalue weighted by Crippen LogP contribution is 2.37. The van der Waals surface area contributed by atoms with Crippen LogP contribution in [0.25, 0.3) is 0 Å². The minimum absolute atomic E-state index is 0.0101. The van der Waals surface area contributed by atoms with Crippen LogP contribution in [0.1, 0.15) is 32.1 Å². The Labute approximate surface area is 113 Å². The number of nitrogens with two attached hydrogens (primary N) is 1. The van der Waals surface area contributed by atoms with Gasteiger partial charge in [0.25, 0.3) is 0 Å². The Hall–Kier alpha value is -0.930. The van der Waals surface area contributed by atoms with Crippen LogP contribution in [-0.2, 0) is 0 Å². The van der Waals surface area contributed by atoms with E-state index in [2.05, 4.69) is 5.32 Å². The maximum absolute atomic E-state index is 9.65. The predicted octanol–water partition coefficient (Wildman–Crippen LogP) is 3.28. The van der Waals surface area contributed by atoms with Crippen molar-refractivity contribution in [1.29, 1.82) is 0 Å². The summed E-state index contributed by atoms with van der Waals surface area (Å²) in [5.74, 6) is 0. The number of rotatable bonds is 4. The summed E-state index contributed by atoms with van der Waals surface area (Å²) in [6, 6.07) is 5.50. The second-order valence-corrected chi connectivity index (χ2v) is 5.68. The summed E-state index contributed by atoms with van der Waals surface area (Å²) < 4.78 is 0. The number of hydrogen-bond acceptors (Lipinski definition) is 3. The van der Waals surface area contributed by atoms with E-state index in [0.29, 0.717) is 10.7 Å². The molecule has 0 aliphatic heterocycles. The number of benzene rings is 1. The van der Waals surface area contributed by atoms with E-state index in [-0.39, 0.29) is 12.0 Å². The lowest BCUT2D eigenvalue weighted by Crippen LogP contribution is -2.35. The van der Waals surface area contributed by atoms with E-state index in [1.54, 1.807) is 0 Å². The fourth-order valence-corrected chi connectivity index (χ4v) is 2.94. The molecule has 1 fully saturated rings. The minimum atomic E-state index is -0.0101. The van der Waals surface area contributed by atoms with Crippen molar-refractivity contribution in [2.24, 2.45) is 5.41 Å². The van der Waals surface area contributed by atoms with Gasteiger partial charge in [0, 0.05) is 12.0 Å². The van der Waals surface area contributed by atoms with Crippen molar-refractivity contribution in [3.8, 4) is 0 Å². The number of aliphatic hydroxyl groups excluding tert-OH is 1. The number of nitrogen functional groups attached to an aromatic ring is 1. The lowest BCUT2D eigenvalue weighted by atomic mass is 9.74. The van der Waals surface area contributed by atoms with E-state index in [1.165, 1.54) is 19.3 Å². The van der Waals surface area contributed by atoms with Crippen molar-refractivity contribution in [3.63, 3.8) is 0 Å². The second kappa shape index (κ2) is 5.81. The summed E-state index contributed by atoms with van der Waals surface area (Å²) in [7, 11) is 0. The van der Waals surface area contributed by atoms with Crippen LogP contribution in [-0.4, -0.2) is 18.3 Å². The lowest BCUT2D eigenvalue weighted by Gasteiger charge is -2.36. The molecule has 1 aliphatic rings. The summed E-state index contributed by atoms with van der Waals surface area (Å²) in [5, 5.41) is 13.6. The Balaban J connectivity index is 2.05. The molecule has 0 amide bonds. The first kappa shape index (κ1) is 13.5. The molecule has 0 heterocycles. The molecule has 0 aromatic heterocycles. The third-order valence-corrected chi connectivity index (χ3v) is 4.25. The van der Waals surface area contributed by atoms with Gasteiger partial charge < -0.3 is 16.2 Å². The van der Waals surface area contributed by atoms with Crippen LogP contribution in [0.4, 0.5) is 11.4 Å². The van der Waals surface area contributed by atoms with Gasteiger partial charge in [0.1, 0.15) is 0 Å². The van der Waals surface area contributed by atoms with Gasteiger partial charge in [0.2, 0.25) is 0 Å². The van der Waals surface area contributed by atoms with Crippen LogP contribution < -0.4 is 11.1 Å². The van der Waals surface area contributed by atoms with Crippen LogP contribution in [0.2, 0.25) is 5.02 Å². The van der Waals surface area contributed by atoms with Gasteiger partial charge in [-0.1, -0.05) is 36.9 Å². The molecular weight excluding hydrogens is 248 g/mol. The van der Waals surface area contributed by atoms with E-state index in [9.17, 15) is 5.11 Å². The monoisotopic (exact) mass is 268 g/mol. The number of aliphatic hydroxyl groups is 1. The quantitative estimate of drug-likeness (QED) is 0.735. The topological polar surface area (TPSA) is 58.3 Å². The van der Waals surface area contributed by atoms with Crippen LogP contribution in [0.3, 0.4) is 0 Å². The molecular formula is C14H21ClN2O. The van der Waals surface area contributed by atoms with E-state index in [0.717, 1.165) is 25.1 Å². The zero-order chi connectivity index (χ0) is 13.0. The van der Waals surface area contributed by atoms with Crippen molar-refractivity contribution in [3.05, 3.63) is 23.2 Å². The minimum Gasteiger partial charge on any atom is -0.397 e. The molecule has 0 atom stereocenters. The molecule has 1 aromatic carbocycles. The van der Waals surface area contributed by atoms with Gasteiger partial charge in [0.05, 0.1) is 23.0 Å². The molecule has 1 aromatic rings. The van der Waals surface area contributed by atoms with Crippen molar-refractivity contribution < 1.29 is 5.11 Å². The van der Waals surface area contributed by atoms with E-state index in [4.69, 9.17) is 17.3 Å². The van der Waals surface area contributed by atoms with Gasteiger partial charge in [-0.25, -0.2) is 0 Å². The summed E-state index contributed by atoms with van der Waals surface area (Å²) >= 11 is 6.13. The average Bonchev–Trinajstić information content (AvgIpc) is 2.39. The molecule has 100 valence electrons. The van der Waals surface area contributed by atoms with Crippen LogP contribution in [0.15, 0.2) is 18.2 Å². The number of hydrogen-bond donors (Lipinski definition) is 3. The summed E-state index contributed by atoms with van der Waals surface area (Å²) in [5.41, 5.74) is 7.35. The first-order valence-corrected chi connectivity index (χ1v) is 6.93. The maximum Gasteiger partial charge on any atom is 0.0763 e. The zero-order valence-electron chi connectivity index (χ0n) is 10.6. The molecule has 4 heteroatoms. The van der Waals surface area contributed by atoms with E-state index >= 15 is 0 Å². The Kier molecular flexibility index (Phi) is 4.36. The van der Waals surface area contributed by atoms with Gasteiger partial charge in [0.15, 0.2) is 0 Å². The number of halogens is 1. The molecule has 1 saturated carbocycles. The number of anilines is 2. The van der Waals surface area contributed by atoms with E-state index in [1.807, 2.05) is 18.2 Å². The SMILES string of the molecule is Nc1cccc(Cl)c1NCC1(CO)CCCCC1. The van der Waals surface area contributed by atoms with Crippen molar-refractivity contribution in [2.75, 3.05) is 24.2 Å². The standard InChI is InChI=1S/C14H21ClN2O/c15-11-5-4-6-12(16)13(11)17-9-14(10-18)7-2-1-3-8-14/h4-6,17-18H,1-3,7-10,16H2. The van der Waals surface area contributed by atoms with Crippen LogP contribution >= 0.6 is 11.6 Å². The summed E-state index contributed by atoms with van der Waals surface area (Å²) in [4.78, 5) is 0. The fraction of sp³-hybridized carbons (Fsp3) is 0.571. The zero-order valence-corrected chi connectivity index (χ0v) is 11.3. The average molecular weight is 269 g/mol. The first-order chi connectivity index (χ1) is 8.67.